The number of ketones is 1. The van der Waals surface area contributed by atoms with Gasteiger partial charge in [-0.25, -0.2) is 0 Å². The second kappa shape index (κ2) is 9.54. The van der Waals surface area contributed by atoms with Crippen LogP contribution >= 0.6 is 0 Å². The fourth-order valence-corrected chi connectivity index (χ4v) is 4.23. The van der Waals surface area contributed by atoms with E-state index in [-0.39, 0.29) is 22.6 Å². The molecule has 1 heterocycles. The Labute approximate surface area is 203 Å². The lowest BCUT2D eigenvalue weighted by Gasteiger charge is -2.26. The Balaban J connectivity index is 1.95. The molecule has 7 nitrogen and oxygen atoms in total. The van der Waals surface area contributed by atoms with Gasteiger partial charge < -0.3 is 19.7 Å². The lowest BCUT2D eigenvalue weighted by molar-refractivity contribution is -0.132. The summed E-state index contributed by atoms with van der Waals surface area (Å²) in [7, 11) is 2.94. The van der Waals surface area contributed by atoms with Crippen LogP contribution in [-0.2, 0) is 9.59 Å². The number of phenols is 1. The van der Waals surface area contributed by atoms with E-state index in [2.05, 4.69) is 13.8 Å². The first-order valence-electron chi connectivity index (χ1n) is 11.2. The summed E-state index contributed by atoms with van der Waals surface area (Å²) in [6, 6.07) is 17.5. The van der Waals surface area contributed by atoms with Crippen molar-refractivity contribution < 1.29 is 29.3 Å². The normalized spacial score (nSPS) is 17.2. The molecule has 1 amide bonds. The van der Waals surface area contributed by atoms with Gasteiger partial charge in [0, 0.05) is 5.69 Å². The lowest BCUT2D eigenvalue weighted by Crippen LogP contribution is -2.29. The molecule has 35 heavy (non-hydrogen) atoms. The smallest absolute Gasteiger partial charge is 0.300 e. The number of nitrogens with zero attached hydrogens (tertiary/aromatic N) is 1. The van der Waals surface area contributed by atoms with Crippen LogP contribution < -0.4 is 14.4 Å². The molecular weight excluding hydrogens is 446 g/mol. The molecule has 0 saturated carbocycles. The zero-order valence-electron chi connectivity index (χ0n) is 20.0. The number of Topliss-reactive ketones (excluding diaryl/α,β-unsaturated/α-hetero) is 1. The minimum Gasteiger partial charge on any atom is -0.508 e. The third-order valence-corrected chi connectivity index (χ3v) is 6.15. The van der Waals surface area contributed by atoms with Gasteiger partial charge in [-0.15, -0.1) is 0 Å². The van der Waals surface area contributed by atoms with Crippen molar-refractivity contribution in [2.45, 2.75) is 25.8 Å². The summed E-state index contributed by atoms with van der Waals surface area (Å²) in [6.45, 7) is 4.14. The van der Waals surface area contributed by atoms with Gasteiger partial charge in [0.2, 0.25) is 0 Å². The average Bonchev–Trinajstić information content (AvgIpc) is 3.13. The topological polar surface area (TPSA) is 96.3 Å². The van der Waals surface area contributed by atoms with Gasteiger partial charge in [0.25, 0.3) is 11.7 Å². The van der Waals surface area contributed by atoms with Crippen molar-refractivity contribution >= 4 is 23.1 Å². The highest BCUT2D eigenvalue weighted by Crippen LogP contribution is 2.44. The van der Waals surface area contributed by atoms with Crippen molar-refractivity contribution in [3.8, 4) is 17.2 Å². The maximum Gasteiger partial charge on any atom is 0.300 e. The summed E-state index contributed by atoms with van der Waals surface area (Å²) < 4.78 is 10.7. The predicted molar refractivity (Wildman–Crippen MR) is 133 cm³/mol. The number of rotatable bonds is 6. The van der Waals surface area contributed by atoms with Crippen molar-refractivity contribution in [2.75, 3.05) is 19.1 Å². The highest BCUT2D eigenvalue weighted by molar-refractivity contribution is 6.51. The molecule has 0 spiro atoms. The predicted octanol–water partition coefficient (Wildman–Crippen LogP) is 5.16. The first kappa shape index (κ1) is 23.9. The number of hydrogen-bond acceptors (Lipinski definition) is 6. The average molecular weight is 474 g/mol. The van der Waals surface area contributed by atoms with E-state index in [0.29, 0.717) is 28.7 Å². The van der Waals surface area contributed by atoms with Crippen LogP contribution in [0.3, 0.4) is 0 Å². The number of benzene rings is 3. The molecule has 3 aromatic rings. The Morgan fingerprint density at radius 3 is 2.14 bits per heavy atom. The van der Waals surface area contributed by atoms with E-state index in [0.717, 1.165) is 5.56 Å². The van der Waals surface area contributed by atoms with Gasteiger partial charge in [-0.1, -0.05) is 38.1 Å². The fourth-order valence-electron chi connectivity index (χ4n) is 4.23. The fraction of sp³-hybridized carbons (Fsp3) is 0.214. The van der Waals surface area contributed by atoms with E-state index in [4.69, 9.17) is 9.47 Å². The molecule has 0 radical (unpaired) electrons. The van der Waals surface area contributed by atoms with Crippen molar-refractivity contribution in [1.82, 2.24) is 0 Å². The van der Waals surface area contributed by atoms with Crippen molar-refractivity contribution in [3.05, 3.63) is 89.0 Å². The molecule has 1 atom stereocenters. The third-order valence-electron chi connectivity index (χ3n) is 6.15. The summed E-state index contributed by atoms with van der Waals surface area (Å²) >= 11 is 0. The van der Waals surface area contributed by atoms with E-state index in [1.807, 2.05) is 12.1 Å². The first-order chi connectivity index (χ1) is 16.8. The number of aliphatic hydroxyl groups excluding tert-OH is 1. The summed E-state index contributed by atoms with van der Waals surface area (Å²) in [6.07, 6.45) is 0. The molecular formula is C28H27NO6. The number of amides is 1. The summed E-state index contributed by atoms with van der Waals surface area (Å²) in [5.74, 6) is -0.845. The minimum atomic E-state index is -0.920. The number of hydrogen-bond donors (Lipinski definition) is 2. The van der Waals surface area contributed by atoms with Crippen molar-refractivity contribution in [1.29, 1.82) is 0 Å². The number of aliphatic hydroxyl groups is 1. The zero-order chi connectivity index (χ0) is 25.3. The van der Waals surface area contributed by atoms with E-state index in [1.54, 1.807) is 42.5 Å². The van der Waals surface area contributed by atoms with Gasteiger partial charge in [0.15, 0.2) is 0 Å². The molecule has 1 saturated heterocycles. The Morgan fingerprint density at radius 2 is 1.57 bits per heavy atom. The summed E-state index contributed by atoms with van der Waals surface area (Å²) in [5.41, 5.74) is 2.31. The van der Waals surface area contributed by atoms with Crippen LogP contribution in [0.15, 0.2) is 72.3 Å². The second-order valence-electron chi connectivity index (χ2n) is 8.57. The van der Waals surface area contributed by atoms with E-state index >= 15 is 0 Å². The summed E-state index contributed by atoms with van der Waals surface area (Å²) in [4.78, 5) is 28.1. The van der Waals surface area contributed by atoms with Gasteiger partial charge in [0.05, 0.1) is 31.4 Å². The second-order valence-corrected chi connectivity index (χ2v) is 8.57. The molecule has 180 valence electrons. The number of anilines is 1. The van der Waals surface area contributed by atoms with Crippen LogP contribution in [-0.4, -0.2) is 36.1 Å². The van der Waals surface area contributed by atoms with Gasteiger partial charge in [0.1, 0.15) is 23.0 Å². The van der Waals surface area contributed by atoms with Crippen LogP contribution in [0.5, 0.6) is 17.2 Å². The van der Waals surface area contributed by atoms with Gasteiger partial charge in [-0.05, 0) is 59.5 Å². The number of phenolic OH excluding ortho intramolecular Hbond substituents is 1. The quantitative estimate of drug-likeness (QED) is 0.292. The number of carbonyl (C=O) groups is 2. The number of methoxy groups -OCH3 is 2. The molecule has 4 rings (SSSR count). The van der Waals surface area contributed by atoms with Crippen LogP contribution in [0, 0.1) is 0 Å². The van der Waals surface area contributed by atoms with Crippen molar-refractivity contribution in [2.24, 2.45) is 0 Å². The van der Waals surface area contributed by atoms with Crippen LogP contribution in [0.25, 0.3) is 5.76 Å². The van der Waals surface area contributed by atoms with Crippen LogP contribution in [0.4, 0.5) is 5.69 Å². The van der Waals surface area contributed by atoms with Gasteiger partial charge >= 0.3 is 0 Å². The largest absolute Gasteiger partial charge is 0.508 e. The Hall–Kier alpha value is -4.26. The maximum absolute atomic E-state index is 13.4. The van der Waals surface area contributed by atoms with E-state index < -0.39 is 17.7 Å². The highest BCUT2D eigenvalue weighted by atomic mass is 16.5. The van der Waals surface area contributed by atoms with E-state index in [1.165, 1.54) is 31.3 Å². The molecule has 1 unspecified atom stereocenters. The third kappa shape index (κ3) is 4.33. The van der Waals surface area contributed by atoms with E-state index in [9.17, 15) is 19.8 Å². The maximum atomic E-state index is 13.4. The molecule has 0 bridgehead atoms. The van der Waals surface area contributed by atoms with Crippen LogP contribution in [0.1, 0.15) is 42.5 Å². The molecule has 0 aliphatic carbocycles. The van der Waals surface area contributed by atoms with Crippen LogP contribution in [0.2, 0.25) is 0 Å². The highest BCUT2D eigenvalue weighted by Gasteiger charge is 2.47. The zero-order valence-corrected chi connectivity index (χ0v) is 20.0. The molecule has 2 N–H and O–H groups in total. The lowest BCUT2D eigenvalue weighted by atomic mass is 9.94. The Morgan fingerprint density at radius 1 is 0.914 bits per heavy atom. The Bertz CT molecular complexity index is 1290. The number of ether oxygens (including phenoxy) is 2. The number of carbonyl (C=O) groups excluding carboxylic acids is 2. The molecule has 1 aliphatic heterocycles. The standard InChI is InChI=1S/C28H27NO6/c1-16(2)17-5-9-19(10-6-17)29-25(18-7-11-20(30)12-8-18)24(27(32)28(29)33)26(31)22-15-21(34-3)13-14-23(22)35-4/h5-16,25,30-31H,1-4H3/b26-24+. The minimum absolute atomic E-state index is 0.0430. The SMILES string of the molecule is COc1ccc(OC)c(/C(O)=C2\C(=O)C(=O)N(c3ccc(C(C)C)cc3)C2c2ccc(O)cc2)c1. The molecule has 0 aromatic heterocycles. The number of aromatic hydroxyl groups is 1. The van der Waals surface area contributed by atoms with Gasteiger partial charge in [-0.2, -0.15) is 0 Å². The molecule has 1 aliphatic rings. The first-order valence-corrected chi connectivity index (χ1v) is 11.2. The Kier molecular flexibility index (Phi) is 6.51. The van der Waals surface area contributed by atoms with Gasteiger partial charge in [-0.3, -0.25) is 14.5 Å². The van der Waals surface area contributed by atoms with Crippen molar-refractivity contribution in [3.63, 3.8) is 0 Å². The monoisotopic (exact) mass is 473 g/mol. The summed E-state index contributed by atoms with van der Waals surface area (Å²) in [5, 5.41) is 21.2. The molecule has 1 fully saturated rings. The molecule has 7 heteroatoms. The molecule has 3 aromatic carbocycles.